The number of para-hydroxylation sites is 1. The summed E-state index contributed by atoms with van der Waals surface area (Å²) in [7, 11) is 0. The minimum atomic E-state index is -0.485. The van der Waals surface area contributed by atoms with Crippen LogP contribution in [-0.4, -0.2) is 15.1 Å². The largest absolute Gasteiger partial charge is 0.508 e. The van der Waals surface area contributed by atoms with E-state index in [0.29, 0.717) is 5.56 Å². The number of rotatable bonds is 3. The van der Waals surface area contributed by atoms with Crippen molar-refractivity contribution in [1.82, 2.24) is 0 Å². The van der Waals surface area contributed by atoms with E-state index in [1.807, 2.05) is 0 Å². The van der Waals surface area contributed by atoms with E-state index in [4.69, 9.17) is 0 Å². The van der Waals surface area contributed by atoms with Gasteiger partial charge in [0.05, 0.1) is 10.5 Å². The summed E-state index contributed by atoms with van der Waals surface area (Å²) in [4.78, 5) is 10.7. The molecule has 0 unspecified atom stereocenters. The molecule has 0 radical (unpaired) electrons. The number of aromatic hydroxyl groups is 2. The maximum atomic E-state index is 11.2. The maximum Gasteiger partial charge on any atom is 0.277 e. The van der Waals surface area contributed by atoms with Gasteiger partial charge >= 0.3 is 0 Å². The third kappa shape index (κ3) is 2.99. The molecule has 3 rings (SSSR count). The third-order valence-corrected chi connectivity index (χ3v) is 4.58. The molecule has 2 aromatic carbocycles. The Balaban J connectivity index is 2.05. The number of hydrogen-bond donors (Lipinski definition) is 2. The van der Waals surface area contributed by atoms with Crippen molar-refractivity contribution in [3.8, 4) is 22.6 Å². The first-order valence-electron chi connectivity index (χ1n) is 7.87. The van der Waals surface area contributed by atoms with Gasteiger partial charge in [-0.1, -0.05) is 31.4 Å². The number of nitro benzene ring substituents is 1. The minimum Gasteiger partial charge on any atom is -0.508 e. The second kappa shape index (κ2) is 6.28. The highest BCUT2D eigenvalue weighted by Gasteiger charge is 2.23. The molecule has 23 heavy (non-hydrogen) atoms. The molecule has 120 valence electrons. The third-order valence-electron chi connectivity index (χ3n) is 4.58. The molecule has 2 aromatic rings. The van der Waals surface area contributed by atoms with E-state index < -0.39 is 4.92 Å². The van der Waals surface area contributed by atoms with Crippen LogP contribution in [0.15, 0.2) is 36.4 Å². The molecule has 0 aliphatic heterocycles. The average Bonchev–Trinajstić information content (AvgIpc) is 2.57. The van der Waals surface area contributed by atoms with Crippen molar-refractivity contribution in [2.45, 2.75) is 38.0 Å². The van der Waals surface area contributed by atoms with Crippen LogP contribution in [0.2, 0.25) is 0 Å². The summed E-state index contributed by atoms with van der Waals surface area (Å²) in [6, 6.07) is 9.23. The highest BCUT2D eigenvalue weighted by Crippen LogP contribution is 2.44. The summed E-state index contributed by atoms with van der Waals surface area (Å²) >= 11 is 0. The van der Waals surface area contributed by atoms with Gasteiger partial charge in [0, 0.05) is 17.2 Å². The Morgan fingerprint density at radius 1 is 0.957 bits per heavy atom. The molecule has 0 aromatic heterocycles. The lowest BCUT2D eigenvalue weighted by molar-refractivity contribution is -0.384. The Morgan fingerprint density at radius 2 is 1.65 bits per heavy atom. The van der Waals surface area contributed by atoms with Crippen molar-refractivity contribution in [2.75, 3.05) is 0 Å². The topological polar surface area (TPSA) is 83.6 Å². The lowest BCUT2D eigenvalue weighted by Crippen LogP contribution is -2.05. The molecular formula is C18H19NO4. The van der Waals surface area contributed by atoms with Gasteiger partial charge in [0.1, 0.15) is 11.5 Å². The summed E-state index contributed by atoms with van der Waals surface area (Å²) in [5.74, 6) is 0.315. The standard InChI is InChI=1S/C18H19NO4/c20-17-11-15(13-8-4-5-9-16(13)19(22)23)18(21)10-14(17)12-6-2-1-3-7-12/h4-5,8-12,20-21H,1-3,6-7H2. The van der Waals surface area contributed by atoms with Crippen molar-refractivity contribution < 1.29 is 15.1 Å². The van der Waals surface area contributed by atoms with Gasteiger partial charge in [-0.05, 0) is 37.0 Å². The number of benzene rings is 2. The summed E-state index contributed by atoms with van der Waals surface area (Å²) in [6.07, 6.45) is 5.45. The van der Waals surface area contributed by atoms with E-state index in [2.05, 4.69) is 0 Å². The molecular weight excluding hydrogens is 294 g/mol. The molecule has 5 nitrogen and oxygen atoms in total. The van der Waals surface area contributed by atoms with Gasteiger partial charge in [-0.2, -0.15) is 0 Å². The minimum absolute atomic E-state index is 0.0299. The molecule has 0 heterocycles. The van der Waals surface area contributed by atoms with Gasteiger partial charge in [-0.15, -0.1) is 0 Å². The predicted octanol–water partition coefficient (Wildman–Crippen LogP) is 4.72. The van der Waals surface area contributed by atoms with Crippen LogP contribution < -0.4 is 0 Å². The zero-order chi connectivity index (χ0) is 16.4. The smallest absolute Gasteiger partial charge is 0.277 e. The van der Waals surface area contributed by atoms with Crippen molar-refractivity contribution >= 4 is 5.69 Å². The Hall–Kier alpha value is -2.56. The number of nitro groups is 1. The Labute approximate surface area is 134 Å². The Bertz CT molecular complexity index is 736. The predicted molar refractivity (Wildman–Crippen MR) is 87.7 cm³/mol. The molecule has 1 saturated carbocycles. The second-order valence-corrected chi connectivity index (χ2v) is 6.04. The summed E-state index contributed by atoms with van der Waals surface area (Å²) in [5.41, 5.74) is 1.24. The van der Waals surface area contributed by atoms with Crippen LogP contribution in [-0.2, 0) is 0 Å². The molecule has 0 saturated heterocycles. The first-order chi connectivity index (χ1) is 11.1. The molecule has 1 aliphatic carbocycles. The van der Waals surface area contributed by atoms with Crippen LogP contribution in [0.3, 0.4) is 0 Å². The SMILES string of the molecule is O=[N+]([O-])c1ccccc1-c1cc(O)c(C2CCCCC2)cc1O. The molecule has 0 spiro atoms. The van der Waals surface area contributed by atoms with Crippen molar-refractivity contribution in [3.05, 3.63) is 52.1 Å². The monoisotopic (exact) mass is 313 g/mol. The van der Waals surface area contributed by atoms with E-state index in [0.717, 1.165) is 31.2 Å². The van der Waals surface area contributed by atoms with Gasteiger partial charge in [0.2, 0.25) is 0 Å². The normalized spacial score (nSPS) is 15.5. The van der Waals surface area contributed by atoms with Crippen LogP contribution >= 0.6 is 0 Å². The van der Waals surface area contributed by atoms with Crippen molar-refractivity contribution in [2.24, 2.45) is 0 Å². The van der Waals surface area contributed by atoms with E-state index in [1.165, 1.54) is 18.6 Å². The average molecular weight is 313 g/mol. The van der Waals surface area contributed by atoms with Gasteiger partial charge in [-0.25, -0.2) is 0 Å². The highest BCUT2D eigenvalue weighted by atomic mass is 16.6. The highest BCUT2D eigenvalue weighted by molar-refractivity contribution is 5.79. The zero-order valence-corrected chi connectivity index (χ0v) is 12.7. The Morgan fingerprint density at radius 3 is 2.35 bits per heavy atom. The van der Waals surface area contributed by atoms with Crippen LogP contribution in [0.25, 0.3) is 11.1 Å². The number of nitrogens with zero attached hydrogens (tertiary/aromatic N) is 1. The first kappa shape index (κ1) is 15.3. The number of hydrogen-bond acceptors (Lipinski definition) is 4. The van der Waals surface area contributed by atoms with Gasteiger partial charge in [0.25, 0.3) is 5.69 Å². The van der Waals surface area contributed by atoms with Crippen molar-refractivity contribution in [3.63, 3.8) is 0 Å². The maximum absolute atomic E-state index is 11.2. The van der Waals surface area contributed by atoms with Gasteiger partial charge in [-0.3, -0.25) is 10.1 Å². The molecule has 0 atom stereocenters. The lowest BCUT2D eigenvalue weighted by atomic mass is 9.83. The van der Waals surface area contributed by atoms with E-state index in [9.17, 15) is 20.3 Å². The van der Waals surface area contributed by atoms with Gasteiger partial charge < -0.3 is 10.2 Å². The quantitative estimate of drug-likeness (QED) is 0.488. The fourth-order valence-corrected chi connectivity index (χ4v) is 3.41. The molecule has 1 aliphatic rings. The molecule has 0 bridgehead atoms. The fraction of sp³-hybridized carbons (Fsp3) is 0.333. The van der Waals surface area contributed by atoms with Gasteiger partial charge in [0.15, 0.2) is 0 Å². The molecule has 0 amide bonds. The first-order valence-corrected chi connectivity index (χ1v) is 7.87. The fourth-order valence-electron chi connectivity index (χ4n) is 3.41. The van der Waals surface area contributed by atoms with Crippen LogP contribution in [0.5, 0.6) is 11.5 Å². The molecule has 5 heteroatoms. The summed E-state index contributed by atoms with van der Waals surface area (Å²) in [5, 5.41) is 31.9. The Kier molecular flexibility index (Phi) is 4.19. The van der Waals surface area contributed by atoms with Crippen LogP contribution in [0, 0.1) is 10.1 Å². The van der Waals surface area contributed by atoms with Crippen LogP contribution in [0.4, 0.5) is 5.69 Å². The summed E-state index contributed by atoms with van der Waals surface area (Å²) < 4.78 is 0. The lowest BCUT2D eigenvalue weighted by Gasteiger charge is -2.23. The summed E-state index contributed by atoms with van der Waals surface area (Å²) in [6.45, 7) is 0. The second-order valence-electron chi connectivity index (χ2n) is 6.04. The van der Waals surface area contributed by atoms with E-state index in [1.54, 1.807) is 24.3 Å². The molecule has 1 fully saturated rings. The van der Waals surface area contributed by atoms with E-state index in [-0.39, 0.29) is 28.7 Å². The number of phenols is 2. The van der Waals surface area contributed by atoms with Crippen molar-refractivity contribution in [1.29, 1.82) is 0 Å². The number of phenolic OH excluding ortho intramolecular Hbond substituents is 2. The van der Waals surface area contributed by atoms with Crippen LogP contribution in [0.1, 0.15) is 43.6 Å². The molecule has 2 N–H and O–H groups in total. The zero-order valence-electron chi connectivity index (χ0n) is 12.7. The van der Waals surface area contributed by atoms with E-state index >= 15 is 0 Å².